The topological polar surface area (TPSA) is 12.5 Å². The second-order valence-corrected chi connectivity index (χ2v) is 6.40. The Kier molecular flexibility index (Phi) is 2.66. The monoisotopic (exact) mass is 231 g/mol. The van der Waals surface area contributed by atoms with Crippen molar-refractivity contribution in [1.82, 2.24) is 0 Å². The number of benzene rings is 1. The number of para-hydroxylation sites is 2. The zero-order chi connectivity index (χ0) is 9.26. The molecule has 1 aromatic carbocycles. The van der Waals surface area contributed by atoms with Crippen LogP contribution < -0.4 is 9.04 Å². The van der Waals surface area contributed by atoms with Gasteiger partial charge in [-0.1, -0.05) is 12.1 Å². The van der Waals surface area contributed by atoms with Crippen LogP contribution in [0.25, 0.3) is 0 Å². The van der Waals surface area contributed by atoms with Crippen LogP contribution in [0.5, 0.6) is 5.75 Å². The first-order valence-corrected chi connectivity index (χ1v) is 7.25. The van der Waals surface area contributed by atoms with Crippen LogP contribution in [0.3, 0.4) is 0 Å². The number of rotatable bonds is 1. The van der Waals surface area contributed by atoms with Gasteiger partial charge in [0.2, 0.25) is 0 Å². The van der Waals surface area contributed by atoms with E-state index in [9.17, 15) is 0 Å². The third kappa shape index (κ3) is 1.77. The maximum Gasteiger partial charge on any atom is 0.143 e. The minimum Gasteiger partial charge on any atom is -0.489 e. The summed E-state index contributed by atoms with van der Waals surface area (Å²) in [5, 5.41) is 0. The normalized spacial score (nSPS) is 15.3. The Morgan fingerprint density at radius 1 is 1.31 bits per heavy atom. The third-order valence-electron chi connectivity index (χ3n) is 1.90. The molecule has 0 bridgehead atoms. The first-order valence-electron chi connectivity index (χ1n) is 3.93. The molecule has 1 aliphatic rings. The van der Waals surface area contributed by atoms with Gasteiger partial charge in [-0.05, 0) is 42.7 Å². The van der Waals surface area contributed by atoms with E-state index < -0.39 is 8.20 Å². The van der Waals surface area contributed by atoms with Gasteiger partial charge in [-0.2, -0.15) is 0 Å². The molecule has 13 heavy (non-hydrogen) atoms. The van der Waals surface area contributed by atoms with Crippen LogP contribution in [-0.4, -0.2) is 13.2 Å². The average molecular weight is 231 g/mol. The van der Waals surface area contributed by atoms with E-state index in [-0.39, 0.29) is 0 Å². The summed E-state index contributed by atoms with van der Waals surface area (Å²) in [5.74, 6) is 0.899. The van der Waals surface area contributed by atoms with Crippen molar-refractivity contribution in [2.24, 2.45) is 0 Å². The van der Waals surface area contributed by atoms with Gasteiger partial charge in [0, 0.05) is 0 Å². The Hall–Kier alpha value is -0.390. The van der Waals surface area contributed by atoms with E-state index in [1.165, 1.54) is 0 Å². The van der Waals surface area contributed by atoms with Crippen molar-refractivity contribution in [2.45, 2.75) is 0 Å². The van der Waals surface area contributed by atoms with E-state index in [4.69, 9.17) is 27.1 Å². The molecule has 0 amide bonds. The van der Waals surface area contributed by atoms with E-state index in [0.717, 1.165) is 18.0 Å². The van der Waals surface area contributed by atoms with Crippen molar-refractivity contribution < 1.29 is 4.74 Å². The van der Waals surface area contributed by atoms with Crippen molar-refractivity contribution in [1.29, 1.82) is 0 Å². The molecule has 1 aromatic rings. The number of thiol groups is 1. The number of anilines is 1. The molecule has 1 aliphatic heterocycles. The molecule has 1 heterocycles. The van der Waals surface area contributed by atoms with Crippen LogP contribution in [0.2, 0.25) is 0 Å². The Morgan fingerprint density at radius 3 is 2.85 bits per heavy atom. The highest BCUT2D eigenvalue weighted by molar-refractivity contribution is 8.47. The van der Waals surface area contributed by atoms with Gasteiger partial charge < -0.3 is 9.04 Å². The van der Waals surface area contributed by atoms with Gasteiger partial charge in [-0.3, -0.25) is 0 Å². The lowest BCUT2D eigenvalue weighted by Gasteiger charge is -2.28. The molecule has 2 nitrogen and oxygen atoms in total. The van der Waals surface area contributed by atoms with Gasteiger partial charge in [0.15, 0.2) is 0 Å². The Morgan fingerprint density at radius 2 is 2.08 bits per heavy atom. The summed E-state index contributed by atoms with van der Waals surface area (Å²) in [5.41, 5.74) is 1.05. The Labute approximate surface area is 88.5 Å². The van der Waals surface area contributed by atoms with Crippen LogP contribution >= 0.6 is 0 Å². The second-order valence-electron chi connectivity index (χ2n) is 2.68. The second kappa shape index (κ2) is 3.77. The molecule has 0 fully saturated rings. The lowest BCUT2D eigenvalue weighted by atomic mass is 10.2. The van der Waals surface area contributed by atoms with Gasteiger partial charge in [0.1, 0.15) is 12.4 Å². The summed E-state index contributed by atoms with van der Waals surface area (Å²) in [4.78, 5) is 0. The molecule has 0 unspecified atom stereocenters. The fourth-order valence-corrected chi connectivity index (χ4v) is 2.93. The van der Waals surface area contributed by atoms with Gasteiger partial charge >= 0.3 is 0 Å². The number of nitrogens with zero attached hydrogens (tertiary/aromatic N) is 1. The standard InChI is InChI=1S/C8H9NOS3/c11-13(12)9-5-6-10-8-4-2-1-3-7(8)9/h1-4,13H,5-6H2. The van der Waals surface area contributed by atoms with Crippen molar-refractivity contribution in [2.75, 3.05) is 17.5 Å². The van der Waals surface area contributed by atoms with Crippen LogP contribution in [0.4, 0.5) is 5.69 Å². The zero-order valence-electron chi connectivity index (χ0n) is 6.84. The fourth-order valence-electron chi connectivity index (χ4n) is 1.32. The molecule has 0 radical (unpaired) electrons. The first kappa shape index (κ1) is 9.18. The number of ether oxygens (including phenoxy) is 1. The van der Waals surface area contributed by atoms with Gasteiger partial charge in [0.05, 0.1) is 12.2 Å². The minimum absolute atomic E-state index is 0.684. The van der Waals surface area contributed by atoms with Gasteiger partial charge in [-0.15, -0.1) is 0 Å². The van der Waals surface area contributed by atoms with Crippen molar-refractivity contribution in [3.8, 4) is 5.75 Å². The molecule has 5 heteroatoms. The maximum absolute atomic E-state index is 5.48. The largest absolute Gasteiger partial charge is 0.489 e. The molecular formula is C8H9NOS3. The predicted octanol–water partition coefficient (Wildman–Crippen LogP) is 1.07. The van der Waals surface area contributed by atoms with E-state index in [1.807, 2.05) is 24.3 Å². The Bertz CT molecular complexity index is 381. The van der Waals surface area contributed by atoms with Crippen molar-refractivity contribution in [3.05, 3.63) is 24.3 Å². The number of hydrogen-bond acceptors (Lipinski definition) is 3. The summed E-state index contributed by atoms with van der Waals surface area (Å²) in [7, 11) is -0.885. The molecule has 0 N–H and O–H groups in total. The fraction of sp³-hybridized carbons (Fsp3) is 0.250. The zero-order valence-corrected chi connectivity index (χ0v) is 9.37. The number of fused-ring (bicyclic) bond motifs is 1. The lowest BCUT2D eigenvalue weighted by Crippen LogP contribution is -2.30. The molecular weight excluding hydrogens is 222 g/mol. The maximum atomic E-state index is 5.48. The summed E-state index contributed by atoms with van der Waals surface area (Å²) in [6.07, 6.45) is 0. The van der Waals surface area contributed by atoms with Crippen LogP contribution in [0.15, 0.2) is 24.3 Å². The van der Waals surface area contributed by atoms with E-state index >= 15 is 0 Å². The van der Waals surface area contributed by atoms with Crippen molar-refractivity contribution >= 4 is 36.3 Å². The summed E-state index contributed by atoms with van der Waals surface area (Å²) in [6, 6.07) is 7.88. The predicted molar refractivity (Wildman–Crippen MR) is 62.8 cm³/mol. The highest BCUT2D eigenvalue weighted by Gasteiger charge is 2.15. The number of hydrogen-bond donors (Lipinski definition) is 1. The van der Waals surface area contributed by atoms with Crippen molar-refractivity contribution in [3.63, 3.8) is 0 Å². The van der Waals surface area contributed by atoms with E-state index in [1.54, 1.807) is 0 Å². The average Bonchev–Trinajstić information content (AvgIpc) is 2.17. The highest BCUT2D eigenvalue weighted by Crippen LogP contribution is 2.30. The SMILES string of the molecule is S=[SH](=S)N1CCOc2ccccc21. The highest BCUT2D eigenvalue weighted by atomic mass is 33.1. The quantitative estimate of drug-likeness (QED) is 0.726. The Balaban J connectivity index is 2.48. The first-order chi connectivity index (χ1) is 6.29. The minimum atomic E-state index is -0.885. The van der Waals surface area contributed by atoms with E-state index in [0.29, 0.717) is 6.61 Å². The summed E-state index contributed by atoms with van der Waals surface area (Å²) < 4.78 is 7.55. The molecule has 0 saturated carbocycles. The molecule has 0 spiro atoms. The summed E-state index contributed by atoms with van der Waals surface area (Å²) in [6.45, 7) is 1.50. The van der Waals surface area contributed by atoms with E-state index in [2.05, 4.69) is 4.31 Å². The summed E-state index contributed by atoms with van der Waals surface area (Å²) >= 11 is 10.2. The molecule has 0 atom stereocenters. The van der Waals surface area contributed by atoms with Crippen LogP contribution in [-0.2, 0) is 30.6 Å². The molecule has 0 saturated heterocycles. The lowest BCUT2D eigenvalue weighted by molar-refractivity contribution is 0.317. The van der Waals surface area contributed by atoms with Gasteiger partial charge in [-0.25, -0.2) is 0 Å². The molecule has 70 valence electrons. The molecule has 0 aromatic heterocycles. The van der Waals surface area contributed by atoms with Gasteiger partial charge in [0.25, 0.3) is 0 Å². The smallest absolute Gasteiger partial charge is 0.143 e. The molecule has 0 aliphatic carbocycles. The third-order valence-corrected chi connectivity index (χ3v) is 3.89. The molecule has 2 rings (SSSR count). The van der Waals surface area contributed by atoms with Crippen LogP contribution in [0.1, 0.15) is 0 Å². The van der Waals surface area contributed by atoms with Crippen LogP contribution in [0, 0.1) is 0 Å².